The van der Waals surface area contributed by atoms with Crippen molar-refractivity contribution in [3.8, 4) is 0 Å². The van der Waals surface area contributed by atoms with Crippen LogP contribution < -0.4 is 0 Å². The first kappa shape index (κ1) is 16.7. The second kappa shape index (κ2) is 7.23. The Morgan fingerprint density at radius 1 is 1.16 bits per heavy atom. The maximum atomic E-state index is 6.00. The summed E-state index contributed by atoms with van der Waals surface area (Å²) in [4.78, 5) is 13.8. The number of rotatable bonds is 4. The number of ether oxygens (including phenoxy) is 1. The second-order valence-corrected chi connectivity index (χ2v) is 7.54. The molecule has 0 aromatic carbocycles. The third-order valence-electron chi connectivity index (χ3n) is 5.45. The molecule has 0 N–H and O–H groups in total. The molecule has 0 unspecified atom stereocenters. The highest BCUT2D eigenvalue weighted by atomic mass is 16.5. The van der Waals surface area contributed by atoms with Crippen molar-refractivity contribution in [2.75, 3.05) is 39.4 Å². The molecule has 2 aliphatic heterocycles. The maximum Gasteiger partial charge on any atom is 0.122 e. The van der Waals surface area contributed by atoms with Gasteiger partial charge in [0, 0.05) is 63.4 Å². The van der Waals surface area contributed by atoms with E-state index >= 15 is 0 Å². The highest BCUT2D eigenvalue weighted by Crippen LogP contribution is 2.34. The summed E-state index contributed by atoms with van der Waals surface area (Å²) in [6, 6.07) is 4.18. The first-order valence-electron chi connectivity index (χ1n) is 9.10. The minimum absolute atomic E-state index is 0.240. The van der Waals surface area contributed by atoms with Gasteiger partial charge in [0.2, 0.25) is 0 Å². The predicted octanol–water partition coefficient (Wildman–Crippen LogP) is 1.54. The van der Waals surface area contributed by atoms with Crippen molar-refractivity contribution < 1.29 is 4.74 Å². The molecule has 1 atom stereocenters. The third kappa shape index (κ3) is 3.92. The minimum Gasteiger partial charge on any atom is -0.379 e. The van der Waals surface area contributed by atoms with Crippen LogP contribution in [0.5, 0.6) is 0 Å². The lowest BCUT2D eigenvalue weighted by Gasteiger charge is -2.32. The van der Waals surface area contributed by atoms with Gasteiger partial charge in [-0.1, -0.05) is 6.07 Å². The zero-order valence-electron chi connectivity index (χ0n) is 15.0. The Balaban J connectivity index is 1.41. The molecule has 4 rings (SSSR count). The van der Waals surface area contributed by atoms with Gasteiger partial charge in [-0.05, 0) is 24.6 Å². The van der Waals surface area contributed by atoms with Gasteiger partial charge in [-0.25, -0.2) is 4.98 Å². The normalized spacial score (nSPS) is 25.5. The van der Waals surface area contributed by atoms with Crippen LogP contribution in [0.3, 0.4) is 0 Å². The quantitative estimate of drug-likeness (QED) is 0.844. The van der Waals surface area contributed by atoms with E-state index < -0.39 is 0 Å². The topological polar surface area (TPSA) is 46.4 Å². The van der Waals surface area contributed by atoms with Crippen LogP contribution in [-0.4, -0.2) is 63.7 Å². The van der Waals surface area contributed by atoms with Crippen molar-refractivity contribution in [3.63, 3.8) is 0 Å². The Morgan fingerprint density at radius 2 is 2.04 bits per heavy atom. The van der Waals surface area contributed by atoms with Gasteiger partial charge in [0.15, 0.2) is 0 Å². The van der Waals surface area contributed by atoms with E-state index in [2.05, 4.69) is 37.4 Å². The molecule has 6 heteroatoms. The van der Waals surface area contributed by atoms with Crippen LogP contribution in [-0.2, 0) is 24.9 Å². The molecule has 0 radical (unpaired) electrons. The summed E-state index contributed by atoms with van der Waals surface area (Å²) in [5.74, 6) is 1.14. The molecular formula is C19H27N5O. The van der Waals surface area contributed by atoms with Crippen LogP contribution in [0.25, 0.3) is 0 Å². The zero-order chi connectivity index (χ0) is 17.1. The average Bonchev–Trinajstić information content (AvgIpc) is 3.13. The van der Waals surface area contributed by atoms with E-state index in [0.717, 1.165) is 58.3 Å². The first-order valence-corrected chi connectivity index (χ1v) is 9.10. The number of imidazole rings is 1. The molecule has 0 saturated carbocycles. The molecule has 2 aliphatic rings. The van der Waals surface area contributed by atoms with Crippen molar-refractivity contribution in [2.24, 2.45) is 12.5 Å². The highest BCUT2D eigenvalue weighted by Gasteiger charge is 2.41. The van der Waals surface area contributed by atoms with Gasteiger partial charge < -0.3 is 9.30 Å². The number of pyridine rings is 1. The lowest BCUT2D eigenvalue weighted by Crippen LogP contribution is -2.40. The third-order valence-corrected chi connectivity index (χ3v) is 5.45. The van der Waals surface area contributed by atoms with Gasteiger partial charge in [0.1, 0.15) is 5.82 Å². The molecule has 0 bridgehead atoms. The molecule has 1 spiro atoms. The summed E-state index contributed by atoms with van der Waals surface area (Å²) in [6.07, 6.45) is 8.90. The number of aryl methyl sites for hydroxylation is 1. The number of hydrogen-bond acceptors (Lipinski definition) is 5. The summed E-state index contributed by atoms with van der Waals surface area (Å²) in [7, 11) is 2.07. The predicted molar refractivity (Wildman–Crippen MR) is 95.9 cm³/mol. The molecule has 6 nitrogen and oxygen atoms in total. The Morgan fingerprint density at radius 3 is 2.80 bits per heavy atom. The van der Waals surface area contributed by atoms with Crippen molar-refractivity contribution in [1.29, 1.82) is 0 Å². The molecule has 2 saturated heterocycles. The molecule has 2 aromatic rings. The van der Waals surface area contributed by atoms with E-state index in [9.17, 15) is 0 Å². The maximum absolute atomic E-state index is 6.00. The fourth-order valence-corrected chi connectivity index (χ4v) is 4.12. The van der Waals surface area contributed by atoms with E-state index in [4.69, 9.17) is 4.74 Å². The van der Waals surface area contributed by atoms with Crippen LogP contribution in [0, 0.1) is 5.41 Å². The molecule has 134 valence electrons. The molecule has 0 aliphatic carbocycles. The van der Waals surface area contributed by atoms with Crippen molar-refractivity contribution in [3.05, 3.63) is 48.3 Å². The summed E-state index contributed by atoms with van der Waals surface area (Å²) < 4.78 is 8.12. The highest BCUT2D eigenvalue weighted by molar-refractivity contribution is 5.08. The molecular weight excluding hydrogens is 314 g/mol. The average molecular weight is 341 g/mol. The van der Waals surface area contributed by atoms with E-state index in [1.54, 1.807) is 0 Å². The summed E-state index contributed by atoms with van der Waals surface area (Å²) in [5.41, 5.74) is 1.52. The summed E-state index contributed by atoms with van der Waals surface area (Å²) in [5, 5.41) is 0. The lowest BCUT2D eigenvalue weighted by atomic mass is 9.87. The Kier molecular flexibility index (Phi) is 4.83. The van der Waals surface area contributed by atoms with Crippen molar-refractivity contribution >= 4 is 0 Å². The summed E-state index contributed by atoms with van der Waals surface area (Å²) in [6.45, 7) is 7.87. The number of nitrogens with zero attached hydrogens (tertiary/aromatic N) is 5. The SMILES string of the molecule is Cn1ccnc1CN1CC[C@]2(COCCN(Cc3cccnc3)C2)C1. The molecule has 0 amide bonds. The minimum atomic E-state index is 0.240. The summed E-state index contributed by atoms with van der Waals surface area (Å²) >= 11 is 0. The monoisotopic (exact) mass is 341 g/mol. The van der Waals surface area contributed by atoms with E-state index in [-0.39, 0.29) is 5.41 Å². The Labute approximate surface area is 149 Å². The van der Waals surface area contributed by atoms with Crippen LogP contribution >= 0.6 is 0 Å². The number of hydrogen-bond donors (Lipinski definition) is 0. The van der Waals surface area contributed by atoms with Crippen molar-refractivity contribution in [1.82, 2.24) is 24.3 Å². The second-order valence-electron chi connectivity index (χ2n) is 7.54. The fraction of sp³-hybridized carbons (Fsp3) is 0.579. The van der Waals surface area contributed by atoms with Gasteiger partial charge >= 0.3 is 0 Å². The molecule has 4 heterocycles. The molecule has 2 aromatic heterocycles. The van der Waals surface area contributed by atoms with Gasteiger partial charge in [-0.2, -0.15) is 0 Å². The molecule has 2 fully saturated rings. The first-order chi connectivity index (χ1) is 12.2. The Hall–Kier alpha value is -1.76. The Bertz CT molecular complexity index is 688. The van der Waals surface area contributed by atoms with Crippen molar-refractivity contribution in [2.45, 2.75) is 19.5 Å². The van der Waals surface area contributed by atoms with Crippen LogP contribution in [0.4, 0.5) is 0 Å². The number of likely N-dealkylation sites (tertiary alicyclic amines) is 1. The van der Waals surface area contributed by atoms with Gasteiger partial charge in [-0.15, -0.1) is 0 Å². The van der Waals surface area contributed by atoms with Gasteiger partial charge in [-0.3, -0.25) is 14.8 Å². The van der Waals surface area contributed by atoms with E-state index in [1.807, 2.05) is 30.9 Å². The standard InChI is InChI=1S/C19H27N5O/c1-22-8-6-21-18(22)13-23-7-4-19(14-23)15-24(9-10-25-16-19)12-17-3-2-5-20-11-17/h2-3,5-6,8,11H,4,7,9-10,12-16H2,1H3/t19-/m0/s1. The smallest absolute Gasteiger partial charge is 0.122 e. The molecule has 25 heavy (non-hydrogen) atoms. The number of aromatic nitrogens is 3. The van der Waals surface area contributed by atoms with Crippen LogP contribution in [0.1, 0.15) is 17.8 Å². The van der Waals surface area contributed by atoms with E-state index in [0.29, 0.717) is 0 Å². The van der Waals surface area contributed by atoms with E-state index in [1.165, 1.54) is 12.0 Å². The van der Waals surface area contributed by atoms with Crippen LogP contribution in [0.2, 0.25) is 0 Å². The van der Waals surface area contributed by atoms with Gasteiger partial charge in [0.25, 0.3) is 0 Å². The zero-order valence-corrected chi connectivity index (χ0v) is 15.0. The van der Waals surface area contributed by atoms with Gasteiger partial charge in [0.05, 0.1) is 19.8 Å². The lowest BCUT2D eigenvalue weighted by molar-refractivity contribution is 0.0703. The largest absolute Gasteiger partial charge is 0.379 e. The van der Waals surface area contributed by atoms with Crippen LogP contribution in [0.15, 0.2) is 36.9 Å². The fourth-order valence-electron chi connectivity index (χ4n) is 4.12.